The summed E-state index contributed by atoms with van der Waals surface area (Å²) in [6, 6.07) is 8.25. The normalized spacial score (nSPS) is 12.2. The van der Waals surface area contributed by atoms with Crippen LogP contribution in [0.2, 0.25) is 10.0 Å². The second kappa shape index (κ2) is 6.31. The molecular weight excluding hydrogens is 301 g/mol. The third-order valence-electron chi connectivity index (χ3n) is 2.80. The van der Waals surface area contributed by atoms with E-state index in [-0.39, 0.29) is 11.8 Å². The highest BCUT2D eigenvalue weighted by atomic mass is 35.5. The van der Waals surface area contributed by atoms with Gasteiger partial charge in [-0.3, -0.25) is 0 Å². The zero-order valence-corrected chi connectivity index (χ0v) is 12.5. The summed E-state index contributed by atoms with van der Waals surface area (Å²) in [6.07, 6.45) is 0. The molecule has 0 aliphatic heterocycles. The summed E-state index contributed by atoms with van der Waals surface area (Å²) in [7, 11) is 3.08. The molecule has 0 radical (unpaired) electrons. The number of ether oxygens (including phenoxy) is 1. The molecule has 2 rings (SSSR count). The van der Waals surface area contributed by atoms with E-state index in [2.05, 4.69) is 10.1 Å². The average Bonchev–Trinajstić information content (AvgIpc) is 2.87. The molecule has 4 nitrogen and oxygen atoms in total. The lowest BCUT2D eigenvalue weighted by Gasteiger charge is -2.14. The highest BCUT2D eigenvalue weighted by molar-refractivity contribution is 6.34. The van der Waals surface area contributed by atoms with Gasteiger partial charge in [0.1, 0.15) is 5.76 Å². The summed E-state index contributed by atoms with van der Waals surface area (Å²) in [5.74, 6) is 0.206. The summed E-state index contributed by atoms with van der Waals surface area (Å²) in [5.41, 5.74) is 0.843. The number of nitrogens with one attached hydrogen (secondary N) is 1. The predicted octanol–water partition coefficient (Wildman–Crippen LogP) is 3.68. The average molecular weight is 314 g/mol. The molecule has 1 heterocycles. The Morgan fingerprint density at radius 2 is 1.90 bits per heavy atom. The van der Waals surface area contributed by atoms with Crippen LogP contribution in [0.4, 0.5) is 0 Å². The van der Waals surface area contributed by atoms with Gasteiger partial charge in [-0.15, -0.1) is 0 Å². The minimum Gasteiger partial charge on any atom is -0.463 e. The molecule has 1 aromatic heterocycles. The largest absolute Gasteiger partial charge is 0.463 e. The molecule has 1 aromatic carbocycles. The maximum atomic E-state index is 11.4. The van der Waals surface area contributed by atoms with Crippen molar-refractivity contribution in [2.24, 2.45) is 0 Å². The van der Waals surface area contributed by atoms with E-state index in [4.69, 9.17) is 27.6 Å². The number of carbonyl (C=O) groups is 1. The van der Waals surface area contributed by atoms with Gasteiger partial charge in [0.15, 0.2) is 0 Å². The summed E-state index contributed by atoms with van der Waals surface area (Å²) in [4.78, 5) is 11.4. The first-order valence-corrected chi connectivity index (χ1v) is 6.62. The quantitative estimate of drug-likeness (QED) is 0.875. The SMILES string of the molecule is CNC(c1cc(Cl)cc(Cl)c1)c1ccc(C(=O)OC)o1. The van der Waals surface area contributed by atoms with Gasteiger partial charge >= 0.3 is 5.97 Å². The first-order valence-electron chi connectivity index (χ1n) is 5.86. The number of hydrogen-bond acceptors (Lipinski definition) is 4. The Morgan fingerprint density at radius 3 is 2.45 bits per heavy atom. The summed E-state index contributed by atoms with van der Waals surface area (Å²) >= 11 is 12.0. The molecule has 2 aromatic rings. The Kier molecular flexibility index (Phi) is 4.70. The van der Waals surface area contributed by atoms with E-state index >= 15 is 0 Å². The van der Waals surface area contributed by atoms with Crippen molar-refractivity contribution in [2.75, 3.05) is 14.2 Å². The van der Waals surface area contributed by atoms with Gasteiger partial charge < -0.3 is 14.5 Å². The van der Waals surface area contributed by atoms with Crippen LogP contribution >= 0.6 is 23.2 Å². The van der Waals surface area contributed by atoms with Crippen molar-refractivity contribution >= 4 is 29.2 Å². The summed E-state index contributed by atoms with van der Waals surface area (Å²) in [5, 5.41) is 4.17. The van der Waals surface area contributed by atoms with Crippen LogP contribution in [-0.2, 0) is 4.74 Å². The van der Waals surface area contributed by atoms with Crippen molar-refractivity contribution in [3.05, 3.63) is 57.5 Å². The summed E-state index contributed by atoms with van der Waals surface area (Å²) in [6.45, 7) is 0. The monoisotopic (exact) mass is 313 g/mol. The Labute approximate surface area is 126 Å². The van der Waals surface area contributed by atoms with Gasteiger partial charge in [0.05, 0.1) is 13.2 Å². The van der Waals surface area contributed by atoms with Crippen molar-refractivity contribution in [3.63, 3.8) is 0 Å². The molecule has 0 saturated carbocycles. The van der Waals surface area contributed by atoms with E-state index in [0.29, 0.717) is 15.8 Å². The second-order valence-corrected chi connectivity index (χ2v) is 4.99. The van der Waals surface area contributed by atoms with Gasteiger partial charge in [0.25, 0.3) is 0 Å². The number of methoxy groups -OCH3 is 1. The fraction of sp³-hybridized carbons (Fsp3) is 0.214. The number of rotatable bonds is 4. The van der Waals surface area contributed by atoms with Crippen LogP contribution in [0, 0.1) is 0 Å². The minimum absolute atomic E-state index is 0.149. The number of furan rings is 1. The van der Waals surface area contributed by atoms with Crippen LogP contribution in [0.1, 0.15) is 27.9 Å². The van der Waals surface area contributed by atoms with Crippen molar-refractivity contribution in [2.45, 2.75) is 6.04 Å². The smallest absolute Gasteiger partial charge is 0.373 e. The van der Waals surface area contributed by atoms with Crippen LogP contribution in [-0.4, -0.2) is 20.1 Å². The lowest BCUT2D eigenvalue weighted by Crippen LogP contribution is -2.17. The Balaban J connectivity index is 2.36. The molecule has 0 saturated heterocycles. The van der Waals surface area contributed by atoms with Gasteiger partial charge in [-0.1, -0.05) is 23.2 Å². The van der Waals surface area contributed by atoms with Crippen molar-refractivity contribution in [3.8, 4) is 0 Å². The topological polar surface area (TPSA) is 51.5 Å². The molecule has 20 heavy (non-hydrogen) atoms. The van der Waals surface area contributed by atoms with Crippen LogP contribution in [0.25, 0.3) is 0 Å². The molecule has 106 valence electrons. The first kappa shape index (κ1) is 14.9. The second-order valence-electron chi connectivity index (χ2n) is 4.12. The van der Waals surface area contributed by atoms with Gasteiger partial charge in [-0.05, 0) is 42.9 Å². The van der Waals surface area contributed by atoms with E-state index in [9.17, 15) is 4.79 Å². The van der Waals surface area contributed by atoms with Crippen LogP contribution in [0.15, 0.2) is 34.7 Å². The maximum Gasteiger partial charge on any atom is 0.373 e. The maximum absolute atomic E-state index is 11.4. The molecule has 0 bridgehead atoms. The number of benzene rings is 1. The lowest BCUT2D eigenvalue weighted by atomic mass is 10.1. The minimum atomic E-state index is -0.518. The van der Waals surface area contributed by atoms with E-state index in [1.807, 2.05) is 0 Å². The molecule has 0 amide bonds. The van der Waals surface area contributed by atoms with E-state index in [1.165, 1.54) is 7.11 Å². The standard InChI is InChI=1S/C14H13Cl2NO3/c1-17-13(8-5-9(15)7-10(16)6-8)11-3-4-12(20-11)14(18)19-2/h3-7,13,17H,1-2H3. The summed E-state index contributed by atoms with van der Waals surface area (Å²) < 4.78 is 10.1. The fourth-order valence-electron chi connectivity index (χ4n) is 1.93. The van der Waals surface area contributed by atoms with Gasteiger partial charge in [0, 0.05) is 10.0 Å². The predicted molar refractivity (Wildman–Crippen MR) is 77.4 cm³/mol. The first-order chi connectivity index (χ1) is 9.55. The van der Waals surface area contributed by atoms with Gasteiger partial charge in [-0.2, -0.15) is 0 Å². The molecular formula is C14H13Cl2NO3. The van der Waals surface area contributed by atoms with Gasteiger partial charge in [-0.25, -0.2) is 4.79 Å². The van der Waals surface area contributed by atoms with Crippen LogP contribution in [0.3, 0.4) is 0 Å². The highest BCUT2D eigenvalue weighted by Gasteiger charge is 2.19. The molecule has 0 aliphatic rings. The lowest BCUT2D eigenvalue weighted by molar-refractivity contribution is 0.0562. The molecule has 1 N–H and O–H groups in total. The number of esters is 1. The molecule has 0 fully saturated rings. The zero-order chi connectivity index (χ0) is 14.7. The third kappa shape index (κ3) is 3.15. The molecule has 0 spiro atoms. The molecule has 0 aliphatic carbocycles. The number of hydrogen-bond donors (Lipinski definition) is 1. The molecule has 1 atom stereocenters. The number of halogens is 2. The highest BCUT2D eigenvalue weighted by Crippen LogP contribution is 2.28. The van der Waals surface area contributed by atoms with Gasteiger partial charge in [0.2, 0.25) is 5.76 Å². The number of carbonyl (C=O) groups excluding carboxylic acids is 1. The van der Waals surface area contributed by atoms with E-state index < -0.39 is 5.97 Å². The van der Waals surface area contributed by atoms with Crippen molar-refractivity contribution < 1.29 is 13.9 Å². The molecule has 1 unspecified atom stereocenters. The van der Waals surface area contributed by atoms with E-state index in [0.717, 1.165) is 5.56 Å². The zero-order valence-electron chi connectivity index (χ0n) is 10.9. The Bertz CT molecular complexity index is 604. The fourth-order valence-corrected chi connectivity index (χ4v) is 2.48. The molecule has 6 heteroatoms. The van der Waals surface area contributed by atoms with Crippen LogP contribution in [0.5, 0.6) is 0 Å². The van der Waals surface area contributed by atoms with Crippen molar-refractivity contribution in [1.29, 1.82) is 0 Å². The van der Waals surface area contributed by atoms with E-state index in [1.54, 1.807) is 37.4 Å². The van der Waals surface area contributed by atoms with Crippen LogP contribution < -0.4 is 5.32 Å². The Morgan fingerprint density at radius 1 is 1.25 bits per heavy atom. The third-order valence-corrected chi connectivity index (χ3v) is 3.24. The Hall–Kier alpha value is -1.49. The van der Waals surface area contributed by atoms with Crippen molar-refractivity contribution in [1.82, 2.24) is 5.32 Å².